The molecule has 0 saturated carbocycles. The molecule has 0 radical (unpaired) electrons. The largest absolute Gasteiger partial charge is 0.484 e. The number of carbonyl (C=O) groups is 1. The topological polar surface area (TPSA) is 93.5 Å². The van der Waals surface area contributed by atoms with Gasteiger partial charge in [-0.1, -0.05) is 6.92 Å². The Morgan fingerprint density at radius 1 is 1.32 bits per heavy atom. The van der Waals surface area contributed by atoms with Crippen LogP contribution in [0.2, 0.25) is 0 Å². The van der Waals surface area contributed by atoms with Gasteiger partial charge in [-0.2, -0.15) is 0 Å². The molecule has 1 rings (SSSR count). The molecule has 0 unspecified atom stereocenters. The maximum atomic E-state index is 11.4. The third-order valence-corrected chi connectivity index (χ3v) is 2.29. The van der Waals surface area contributed by atoms with Crippen molar-refractivity contribution in [3.8, 4) is 5.75 Å². The number of non-ortho nitro benzene ring substituents is 1. The molecule has 7 heteroatoms. The highest BCUT2D eigenvalue weighted by Gasteiger charge is 2.06. The predicted octanol–water partition coefficient (Wildman–Crippen LogP) is 0.699. The van der Waals surface area contributed by atoms with Crippen LogP contribution in [0.15, 0.2) is 24.3 Å². The zero-order chi connectivity index (χ0) is 14.1. The zero-order valence-corrected chi connectivity index (χ0v) is 10.7. The lowest BCUT2D eigenvalue weighted by Gasteiger charge is -2.07. The standard InChI is InChI=1S/C12H17N3O4/c1-2-13-7-8-14-12(16)9-19-11-5-3-10(4-6-11)15(17)18/h3-6,13H,2,7-9H2,1H3,(H,14,16). The molecule has 0 atom stereocenters. The van der Waals surface area contributed by atoms with Gasteiger partial charge in [0.05, 0.1) is 4.92 Å². The number of likely N-dealkylation sites (N-methyl/N-ethyl adjacent to an activating group) is 1. The van der Waals surface area contributed by atoms with Crippen LogP contribution in [0.3, 0.4) is 0 Å². The van der Waals surface area contributed by atoms with Crippen molar-refractivity contribution in [1.29, 1.82) is 0 Å². The van der Waals surface area contributed by atoms with Crippen LogP contribution in [0.1, 0.15) is 6.92 Å². The van der Waals surface area contributed by atoms with Crippen molar-refractivity contribution in [3.05, 3.63) is 34.4 Å². The lowest BCUT2D eigenvalue weighted by atomic mass is 10.3. The molecule has 7 nitrogen and oxygen atoms in total. The fraction of sp³-hybridized carbons (Fsp3) is 0.417. The molecule has 0 saturated heterocycles. The van der Waals surface area contributed by atoms with Crippen molar-refractivity contribution in [3.63, 3.8) is 0 Å². The first-order valence-corrected chi connectivity index (χ1v) is 5.98. The highest BCUT2D eigenvalue weighted by Crippen LogP contribution is 2.16. The van der Waals surface area contributed by atoms with Gasteiger partial charge in [0.15, 0.2) is 6.61 Å². The van der Waals surface area contributed by atoms with Gasteiger partial charge >= 0.3 is 0 Å². The zero-order valence-electron chi connectivity index (χ0n) is 10.7. The van der Waals surface area contributed by atoms with Crippen LogP contribution < -0.4 is 15.4 Å². The molecule has 0 fully saturated rings. The second-order valence-electron chi connectivity index (χ2n) is 3.74. The molecule has 0 spiro atoms. The molecular formula is C12H17N3O4. The van der Waals surface area contributed by atoms with Crippen LogP contribution in [0.5, 0.6) is 5.75 Å². The number of benzene rings is 1. The number of nitrogens with one attached hydrogen (secondary N) is 2. The van der Waals surface area contributed by atoms with E-state index in [1.54, 1.807) is 0 Å². The molecular weight excluding hydrogens is 250 g/mol. The van der Waals surface area contributed by atoms with Crippen molar-refractivity contribution < 1.29 is 14.5 Å². The van der Waals surface area contributed by atoms with E-state index in [0.717, 1.165) is 6.54 Å². The maximum Gasteiger partial charge on any atom is 0.269 e. The Balaban J connectivity index is 2.28. The Bertz CT molecular complexity index is 419. The number of ether oxygens (including phenoxy) is 1. The van der Waals surface area contributed by atoms with Crippen molar-refractivity contribution in [1.82, 2.24) is 10.6 Å². The predicted molar refractivity (Wildman–Crippen MR) is 70.1 cm³/mol. The van der Waals surface area contributed by atoms with Gasteiger partial charge < -0.3 is 15.4 Å². The Kier molecular flexibility index (Phi) is 6.31. The molecule has 104 valence electrons. The maximum absolute atomic E-state index is 11.4. The second kappa shape index (κ2) is 8.04. The average molecular weight is 267 g/mol. The number of carbonyl (C=O) groups excluding carboxylic acids is 1. The summed E-state index contributed by atoms with van der Waals surface area (Å²) in [6.07, 6.45) is 0. The van der Waals surface area contributed by atoms with Crippen molar-refractivity contribution >= 4 is 11.6 Å². The van der Waals surface area contributed by atoms with E-state index in [1.165, 1.54) is 24.3 Å². The molecule has 2 N–H and O–H groups in total. The van der Waals surface area contributed by atoms with Crippen LogP contribution in [-0.2, 0) is 4.79 Å². The summed E-state index contributed by atoms with van der Waals surface area (Å²) in [5.74, 6) is 0.198. The molecule has 0 bridgehead atoms. The number of amides is 1. The summed E-state index contributed by atoms with van der Waals surface area (Å²) in [4.78, 5) is 21.3. The SMILES string of the molecule is CCNCCNC(=O)COc1ccc([N+](=O)[O-])cc1. The van der Waals surface area contributed by atoms with Crippen LogP contribution in [0.4, 0.5) is 5.69 Å². The quantitative estimate of drug-likeness (QED) is 0.411. The lowest BCUT2D eigenvalue weighted by molar-refractivity contribution is -0.384. The van der Waals surface area contributed by atoms with Crippen molar-refractivity contribution in [2.24, 2.45) is 0 Å². The van der Waals surface area contributed by atoms with E-state index in [4.69, 9.17) is 4.74 Å². The summed E-state index contributed by atoms with van der Waals surface area (Å²) in [6.45, 7) is 3.98. The molecule has 19 heavy (non-hydrogen) atoms. The van der Waals surface area contributed by atoms with E-state index in [9.17, 15) is 14.9 Å². The summed E-state index contributed by atoms with van der Waals surface area (Å²) in [6, 6.07) is 5.59. The van der Waals surface area contributed by atoms with Crippen molar-refractivity contribution in [2.45, 2.75) is 6.92 Å². The third kappa shape index (κ3) is 5.82. The van der Waals surface area contributed by atoms with Gasteiger partial charge in [-0.05, 0) is 18.7 Å². The van der Waals surface area contributed by atoms with E-state index in [1.807, 2.05) is 6.92 Å². The number of hydrogen-bond acceptors (Lipinski definition) is 5. The summed E-state index contributed by atoms with van der Waals surface area (Å²) in [5, 5.41) is 16.2. The van der Waals surface area contributed by atoms with Gasteiger partial charge in [-0.3, -0.25) is 14.9 Å². The molecule has 1 aromatic carbocycles. The van der Waals surface area contributed by atoms with Gasteiger partial charge in [0, 0.05) is 25.2 Å². The monoisotopic (exact) mass is 267 g/mol. The van der Waals surface area contributed by atoms with Crippen molar-refractivity contribution in [2.75, 3.05) is 26.2 Å². The van der Waals surface area contributed by atoms with Crippen LogP contribution in [0, 0.1) is 10.1 Å². The smallest absolute Gasteiger partial charge is 0.269 e. The molecule has 1 amide bonds. The number of nitro benzene ring substituents is 1. The summed E-state index contributed by atoms with van der Waals surface area (Å²) >= 11 is 0. The lowest BCUT2D eigenvalue weighted by Crippen LogP contribution is -2.34. The summed E-state index contributed by atoms with van der Waals surface area (Å²) in [7, 11) is 0. The Morgan fingerprint density at radius 3 is 2.58 bits per heavy atom. The summed E-state index contributed by atoms with van der Waals surface area (Å²) < 4.78 is 5.20. The van der Waals surface area contributed by atoms with Gasteiger partial charge in [-0.15, -0.1) is 0 Å². The molecule has 0 aromatic heterocycles. The number of rotatable bonds is 8. The van der Waals surface area contributed by atoms with E-state index < -0.39 is 4.92 Å². The van der Waals surface area contributed by atoms with Gasteiger partial charge in [0.1, 0.15) is 5.75 Å². The first kappa shape index (κ1) is 14.9. The molecule has 0 aliphatic rings. The first-order chi connectivity index (χ1) is 9.13. The normalized spacial score (nSPS) is 9.95. The van der Waals surface area contributed by atoms with Crippen LogP contribution in [0.25, 0.3) is 0 Å². The van der Waals surface area contributed by atoms with E-state index in [0.29, 0.717) is 18.8 Å². The van der Waals surface area contributed by atoms with E-state index in [2.05, 4.69) is 10.6 Å². The Hall–Kier alpha value is -2.15. The average Bonchev–Trinajstić information content (AvgIpc) is 2.42. The van der Waals surface area contributed by atoms with E-state index >= 15 is 0 Å². The van der Waals surface area contributed by atoms with Crippen LogP contribution in [-0.4, -0.2) is 37.1 Å². The minimum Gasteiger partial charge on any atom is -0.484 e. The molecule has 1 aromatic rings. The highest BCUT2D eigenvalue weighted by molar-refractivity contribution is 5.77. The number of hydrogen-bond donors (Lipinski definition) is 2. The number of nitrogens with zero attached hydrogens (tertiary/aromatic N) is 1. The molecule has 0 aliphatic heterocycles. The second-order valence-corrected chi connectivity index (χ2v) is 3.74. The van der Waals surface area contributed by atoms with Gasteiger partial charge in [0.2, 0.25) is 0 Å². The Labute approximate surface area is 111 Å². The minimum atomic E-state index is -0.489. The first-order valence-electron chi connectivity index (χ1n) is 5.98. The van der Waals surface area contributed by atoms with E-state index in [-0.39, 0.29) is 18.2 Å². The third-order valence-electron chi connectivity index (χ3n) is 2.29. The Morgan fingerprint density at radius 2 is 2.00 bits per heavy atom. The number of nitro groups is 1. The van der Waals surface area contributed by atoms with Crippen LogP contribution >= 0.6 is 0 Å². The van der Waals surface area contributed by atoms with Gasteiger partial charge in [0.25, 0.3) is 11.6 Å². The highest BCUT2D eigenvalue weighted by atomic mass is 16.6. The molecule has 0 aliphatic carbocycles. The minimum absolute atomic E-state index is 0.0116. The van der Waals surface area contributed by atoms with Gasteiger partial charge in [-0.25, -0.2) is 0 Å². The fourth-order valence-corrected chi connectivity index (χ4v) is 1.33. The molecule has 0 heterocycles. The fourth-order valence-electron chi connectivity index (χ4n) is 1.33. The summed E-state index contributed by atoms with van der Waals surface area (Å²) in [5.41, 5.74) is -0.0116.